The summed E-state index contributed by atoms with van der Waals surface area (Å²) in [6, 6.07) is 18.4. The molecule has 1 amide bonds. The first-order valence-electron chi connectivity index (χ1n) is 9.42. The highest BCUT2D eigenvalue weighted by molar-refractivity contribution is 5.79. The fourth-order valence-corrected chi connectivity index (χ4v) is 3.45. The number of carbonyl (C=O) groups excluding carboxylic acids is 1. The van der Waals surface area contributed by atoms with Crippen molar-refractivity contribution in [3.8, 4) is 5.75 Å². The summed E-state index contributed by atoms with van der Waals surface area (Å²) in [4.78, 5) is 15.1. The monoisotopic (exact) mass is 352 g/mol. The van der Waals surface area contributed by atoms with Gasteiger partial charge >= 0.3 is 0 Å². The maximum Gasteiger partial charge on any atom is 0.226 e. The quantitative estimate of drug-likeness (QED) is 0.832. The standard InChI is InChI=1S/C22H28N2O2/c1-26-21-9-7-18(8-10-21)13-16-24(17-19-5-3-2-4-6-19)22(25)20-11-14-23-15-12-20/h2-10,20,23H,11-17H2,1H3. The minimum atomic E-state index is 0.149. The highest BCUT2D eigenvalue weighted by atomic mass is 16.5. The molecular weight excluding hydrogens is 324 g/mol. The fourth-order valence-electron chi connectivity index (χ4n) is 3.45. The van der Waals surface area contributed by atoms with Crippen LogP contribution in [0.15, 0.2) is 54.6 Å². The average Bonchev–Trinajstić information content (AvgIpc) is 2.72. The zero-order valence-electron chi connectivity index (χ0n) is 15.5. The number of nitrogens with zero attached hydrogens (tertiary/aromatic N) is 1. The third-order valence-corrected chi connectivity index (χ3v) is 5.05. The Hall–Kier alpha value is -2.33. The number of methoxy groups -OCH3 is 1. The lowest BCUT2D eigenvalue weighted by molar-refractivity contribution is -0.137. The van der Waals surface area contributed by atoms with E-state index in [4.69, 9.17) is 4.74 Å². The minimum Gasteiger partial charge on any atom is -0.497 e. The highest BCUT2D eigenvalue weighted by Gasteiger charge is 2.25. The van der Waals surface area contributed by atoms with E-state index in [1.54, 1.807) is 7.11 Å². The van der Waals surface area contributed by atoms with Gasteiger partial charge in [0.05, 0.1) is 7.11 Å². The SMILES string of the molecule is COc1ccc(CCN(Cc2ccccc2)C(=O)C2CCNCC2)cc1. The van der Waals surface area contributed by atoms with Crippen LogP contribution in [0.5, 0.6) is 5.75 Å². The normalized spacial score (nSPS) is 14.8. The van der Waals surface area contributed by atoms with Crippen molar-refractivity contribution in [3.63, 3.8) is 0 Å². The second-order valence-corrected chi connectivity index (χ2v) is 6.87. The number of benzene rings is 2. The van der Waals surface area contributed by atoms with Crippen molar-refractivity contribution in [2.75, 3.05) is 26.7 Å². The van der Waals surface area contributed by atoms with E-state index >= 15 is 0 Å². The molecule has 2 aromatic rings. The second-order valence-electron chi connectivity index (χ2n) is 6.87. The Morgan fingerprint density at radius 1 is 1.04 bits per heavy atom. The van der Waals surface area contributed by atoms with Gasteiger partial charge in [0.2, 0.25) is 5.91 Å². The van der Waals surface area contributed by atoms with Gasteiger partial charge in [0.25, 0.3) is 0 Å². The largest absolute Gasteiger partial charge is 0.497 e. The summed E-state index contributed by atoms with van der Waals surface area (Å²) >= 11 is 0. The molecule has 0 aliphatic carbocycles. The van der Waals surface area contributed by atoms with Crippen molar-refractivity contribution >= 4 is 5.91 Å². The number of rotatable bonds is 7. The highest BCUT2D eigenvalue weighted by Crippen LogP contribution is 2.18. The van der Waals surface area contributed by atoms with Gasteiger partial charge < -0.3 is 15.0 Å². The number of carbonyl (C=O) groups is 1. The fraction of sp³-hybridized carbons (Fsp3) is 0.409. The molecular formula is C22H28N2O2. The number of piperidine rings is 1. The summed E-state index contributed by atoms with van der Waals surface area (Å²) in [7, 11) is 1.67. The van der Waals surface area contributed by atoms with Crippen LogP contribution in [-0.4, -0.2) is 37.6 Å². The van der Waals surface area contributed by atoms with Crippen molar-refractivity contribution < 1.29 is 9.53 Å². The first kappa shape index (κ1) is 18.5. The van der Waals surface area contributed by atoms with Gasteiger partial charge in [0, 0.05) is 19.0 Å². The Morgan fingerprint density at radius 3 is 2.38 bits per heavy atom. The van der Waals surface area contributed by atoms with Crippen LogP contribution >= 0.6 is 0 Å². The maximum atomic E-state index is 13.1. The van der Waals surface area contributed by atoms with E-state index in [0.29, 0.717) is 12.5 Å². The smallest absolute Gasteiger partial charge is 0.226 e. The zero-order valence-corrected chi connectivity index (χ0v) is 15.5. The Kier molecular flexibility index (Phi) is 6.67. The van der Waals surface area contributed by atoms with E-state index in [9.17, 15) is 4.79 Å². The van der Waals surface area contributed by atoms with E-state index in [1.807, 2.05) is 35.2 Å². The van der Waals surface area contributed by atoms with E-state index < -0.39 is 0 Å². The third kappa shape index (κ3) is 5.09. The van der Waals surface area contributed by atoms with Gasteiger partial charge in [0.1, 0.15) is 5.75 Å². The maximum absolute atomic E-state index is 13.1. The van der Waals surface area contributed by atoms with Crippen LogP contribution in [0, 0.1) is 5.92 Å². The van der Waals surface area contributed by atoms with Gasteiger partial charge in [-0.2, -0.15) is 0 Å². The summed E-state index contributed by atoms with van der Waals surface area (Å²) in [5.41, 5.74) is 2.41. The Bertz CT molecular complexity index is 679. The molecule has 1 aliphatic rings. The lowest BCUT2D eigenvalue weighted by atomic mass is 9.96. The number of amides is 1. The molecule has 1 fully saturated rings. The first-order chi connectivity index (χ1) is 12.8. The predicted molar refractivity (Wildman–Crippen MR) is 104 cm³/mol. The van der Waals surface area contributed by atoms with Gasteiger partial charge in [-0.3, -0.25) is 4.79 Å². The van der Waals surface area contributed by atoms with E-state index in [1.165, 1.54) is 11.1 Å². The first-order valence-corrected chi connectivity index (χ1v) is 9.42. The zero-order chi connectivity index (χ0) is 18.2. The Morgan fingerprint density at radius 2 is 1.73 bits per heavy atom. The number of hydrogen-bond acceptors (Lipinski definition) is 3. The Labute approximate surface area is 156 Å². The number of ether oxygens (including phenoxy) is 1. The molecule has 4 nitrogen and oxygen atoms in total. The molecule has 0 spiro atoms. The minimum absolute atomic E-state index is 0.149. The van der Waals surface area contributed by atoms with E-state index in [2.05, 4.69) is 29.6 Å². The number of hydrogen-bond donors (Lipinski definition) is 1. The molecule has 1 N–H and O–H groups in total. The molecule has 2 aromatic carbocycles. The van der Waals surface area contributed by atoms with E-state index in [-0.39, 0.29) is 5.92 Å². The number of nitrogens with one attached hydrogen (secondary N) is 1. The van der Waals surface area contributed by atoms with Crippen LogP contribution in [0.3, 0.4) is 0 Å². The van der Waals surface area contributed by atoms with Crippen LogP contribution in [0.25, 0.3) is 0 Å². The van der Waals surface area contributed by atoms with Crippen LogP contribution < -0.4 is 10.1 Å². The Balaban J connectivity index is 1.67. The molecule has 0 atom stereocenters. The average molecular weight is 352 g/mol. The third-order valence-electron chi connectivity index (χ3n) is 5.05. The van der Waals surface area contributed by atoms with Crippen LogP contribution in [0.2, 0.25) is 0 Å². The molecule has 0 saturated carbocycles. The lowest BCUT2D eigenvalue weighted by Gasteiger charge is -2.30. The summed E-state index contributed by atoms with van der Waals surface area (Å²) < 4.78 is 5.22. The molecule has 0 aromatic heterocycles. The topological polar surface area (TPSA) is 41.6 Å². The molecule has 4 heteroatoms. The molecule has 0 bridgehead atoms. The molecule has 0 radical (unpaired) electrons. The molecule has 1 heterocycles. The van der Waals surface area contributed by atoms with Gasteiger partial charge in [-0.15, -0.1) is 0 Å². The van der Waals surface area contributed by atoms with Gasteiger partial charge in [0.15, 0.2) is 0 Å². The van der Waals surface area contributed by atoms with Gasteiger partial charge in [-0.1, -0.05) is 42.5 Å². The summed E-state index contributed by atoms with van der Waals surface area (Å²) in [6.45, 7) is 3.30. The summed E-state index contributed by atoms with van der Waals surface area (Å²) in [5, 5.41) is 3.34. The molecule has 1 saturated heterocycles. The van der Waals surface area contributed by atoms with Crippen LogP contribution in [0.1, 0.15) is 24.0 Å². The van der Waals surface area contributed by atoms with Crippen molar-refractivity contribution in [3.05, 3.63) is 65.7 Å². The van der Waals surface area contributed by atoms with Crippen molar-refractivity contribution in [2.45, 2.75) is 25.8 Å². The van der Waals surface area contributed by atoms with Crippen LogP contribution in [0.4, 0.5) is 0 Å². The van der Waals surface area contributed by atoms with Crippen molar-refractivity contribution in [2.24, 2.45) is 5.92 Å². The molecule has 26 heavy (non-hydrogen) atoms. The summed E-state index contributed by atoms with van der Waals surface area (Å²) in [6.07, 6.45) is 2.73. The lowest BCUT2D eigenvalue weighted by Crippen LogP contribution is -2.41. The van der Waals surface area contributed by atoms with Gasteiger partial charge in [-0.25, -0.2) is 0 Å². The van der Waals surface area contributed by atoms with Crippen molar-refractivity contribution in [1.29, 1.82) is 0 Å². The van der Waals surface area contributed by atoms with Crippen molar-refractivity contribution in [1.82, 2.24) is 10.2 Å². The van der Waals surface area contributed by atoms with E-state index in [0.717, 1.165) is 44.6 Å². The summed E-state index contributed by atoms with van der Waals surface area (Å²) in [5.74, 6) is 1.31. The van der Waals surface area contributed by atoms with Gasteiger partial charge in [-0.05, 0) is 55.6 Å². The molecule has 138 valence electrons. The molecule has 0 unspecified atom stereocenters. The predicted octanol–water partition coefficient (Wildman–Crippen LogP) is 3.27. The van der Waals surface area contributed by atoms with Crippen LogP contribution in [-0.2, 0) is 17.8 Å². The molecule has 1 aliphatic heterocycles. The molecule has 3 rings (SSSR count). The second kappa shape index (κ2) is 9.39.